The highest BCUT2D eigenvalue weighted by Gasteiger charge is 2.06. The molecule has 1 aromatic carbocycles. The van der Waals surface area contributed by atoms with Crippen molar-refractivity contribution >= 4 is 36.2 Å². The summed E-state index contributed by atoms with van der Waals surface area (Å²) >= 11 is 0. The van der Waals surface area contributed by atoms with Gasteiger partial charge in [-0.2, -0.15) is 0 Å². The Bertz CT molecular complexity index is 276. The Labute approximate surface area is 90.7 Å². The molecular formula is C9H14Cl2N2. The Morgan fingerprint density at radius 3 is 2.77 bits per heavy atom. The van der Waals surface area contributed by atoms with Gasteiger partial charge in [0.25, 0.3) is 0 Å². The van der Waals surface area contributed by atoms with Crippen molar-refractivity contribution in [3.63, 3.8) is 0 Å². The van der Waals surface area contributed by atoms with E-state index < -0.39 is 0 Å². The quantitative estimate of drug-likeness (QED) is 0.660. The Hall–Kier alpha value is -0.600. The van der Waals surface area contributed by atoms with E-state index in [9.17, 15) is 0 Å². The van der Waals surface area contributed by atoms with Crippen molar-refractivity contribution < 1.29 is 0 Å². The minimum absolute atomic E-state index is 0. The molecule has 0 fully saturated rings. The van der Waals surface area contributed by atoms with Gasteiger partial charge in [0.15, 0.2) is 0 Å². The van der Waals surface area contributed by atoms with Gasteiger partial charge < -0.3 is 11.1 Å². The maximum Gasteiger partial charge on any atom is 0.0374 e. The standard InChI is InChI=1S/C9H12N2.2ClH/c10-8-3-4-9-7(6-8)2-1-5-11-9;;/h3-4,6,11H,1-2,5,10H2;2*1H. The van der Waals surface area contributed by atoms with Crippen LogP contribution < -0.4 is 11.1 Å². The highest BCUT2D eigenvalue weighted by Crippen LogP contribution is 2.23. The second-order valence-electron chi connectivity index (χ2n) is 2.95. The molecule has 1 aliphatic heterocycles. The van der Waals surface area contributed by atoms with Crippen LogP contribution in [0, 0.1) is 0 Å². The molecule has 1 heterocycles. The van der Waals surface area contributed by atoms with Crippen LogP contribution in [0.4, 0.5) is 11.4 Å². The largest absolute Gasteiger partial charge is 0.399 e. The molecule has 0 aromatic heterocycles. The van der Waals surface area contributed by atoms with Crippen LogP contribution in [0.25, 0.3) is 0 Å². The molecule has 0 radical (unpaired) electrons. The summed E-state index contributed by atoms with van der Waals surface area (Å²) in [6.07, 6.45) is 2.38. The number of rotatable bonds is 0. The molecule has 2 rings (SSSR count). The number of aryl methyl sites for hydroxylation is 1. The lowest BCUT2D eigenvalue weighted by Crippen LogP contribution is -2.11. The van der Waals surface area contributed by atoms with Crippen LogP contribution in [0.5, 0.6) is 0 Å². The zero-order valence-electron chi connectivity index (χ0n) is 7.25. The van der Waals surface area contributed by atoms with Gasteiger partial charge >= 0.3 is 0 Å². The first-order chi connectivity index (χ1) is 5.36. The molecule has 0 atom stereocenters. The first-order valence-corrected chi connectivity index (χ1v) is 3.98. The number of anilines is 2. The molecule has 74 valence electrons. The van der Waals surface area contributed by atoms with Gasteiger partial charge in [0.2, 0.25) is 0 Å². The van der Waals surface area contributed by atoms with E-state index in [0.29, 0.717) is 0 Å². The summed E-state index contributed by atoms with van der Waals surface area (Å²) in [7, 11) is 0. The van der Waals surface area contributed by atoms with Gasteiger partial charge in [-0.1, -0.05) is 0 Å². The van der Waals surface area contributed by atoms with Crippen LogP contribution in [-0.2, 0) is 6.42 Å². The minimum atomic E-state index is 0. The summed E-state index contributed by atoms with van der Waals surface area (Å²) in [4.78, 5) is 0. The Morgan fingerprint density at radius 2 is 2.00 bits per heavy atom. The topological polar surface area (TPSA) is 38.0 Å². The fourth-order valence-corrected chi connectivity index (χ4v) is 1.49. The van der Waals surface area contributed by atoms with Gasteiger partial charge in [0.05, 0.1) is 0 Å². The summed E-state index contributed by atoms with van der Waals surface area (Å²) < 4.78 is 0. The summed E-state index contributed by atoms with van der Waals surface area (Å²) in [6, 6.07) is 6.06. The summed E-state index contributed by atoms with van der Waals surface area (Å²) in [5, 5.41) is 3.33. The SMILES string of the molecule is Cl.Cl.Nc1ccc2c(c1)CCCN2. The average Bonchev–Trinajstić information content (AvgIpc) is 2.04. The predicted molar refractivity (Wildman–Crippen MR) is 62.2 cm³/mol. The Balaban J connectivity index is 0.000000720. The molecule has 0 spiro atoms. The number of nitrogens with one attached hydrogen (secondary N) is 1. The highest BCUT2D eigenvalue weighted by atomic mass is 35.5. The molecule has 2 nitrogen and oxygen atoms in total. The van der Waals surface area contributed by atoms with E-state index in [4.69, 9.17) is 5.73 Å². The molecule has 1 aromatic rings. The smallest absolute Gasteiger partial charge is 0.0374 e. The molecule has 0 unspecified atom stereocenters. The molecule has 3 N–H and O–H groups in total. The second kappa shape index (κ2) is 5.20. The first kappa shape index (κ1) is 12.4. The highest BCUT2D eigenvalue weighted by molar-refractivity contribution is 5.85. The van der Waals surface area contributed by atoms with E-state index in [1.165, 1.54) is 17.7 Å². The van der Waals surface area contributed by atoms with E-state index in [-0.39, 0.29) is 24.8 Å². The molecular weight excluding hydrogens is 207 g/mol. The van der Waals surface area contributed by atoms with E-state index in [0.717, 1.165) is 18.7 Å². The first-order valence-electron chi connectivity index (χ1n) is 3.98. The number of fused-ring (bicyclic) bond motifs is 1. The molecule has 0 saturated heterocycles. The third kappa shape index (κ3) is 2.68. The third-order valence-corrected chi connectivity index (χ3v) is 2.07. The van der Waals surface area contributed by atoms with Crippen LogP contribution in [-0.4, -0.2) is 6.54 Å². The van der Waals surface area contributed by atoms with Gasteiger partial charge in [0, 0.05) is 17.9 Å². The molecule has 1 aliphatic rings. The third-order valence-electron chi connectivity index (χ3n) is 2.07. The lowest BCUT2D eigenvalue weighted by Gasteiger charge is -2.17. The molecule has 0 aliphatic carbocycles. The summed E-state index contributed by atoms with van der Waals surface area (Å²) in [6.45, 7) is 1.09. The normalized spacial score (nSPS) is 12.9. The van der Waals surface area contributed by atoms with E-state index in [2.05, 4.69) is 17.4 Å². The zero-order chi connectivity index (χ0) is 7.68. The van der Waals surface area contributed by atoms with Gasteiger partial charge in [0.1, 0.15) is 0 Å². The fourth-order valence-electron chi connectivity index (χ4n) is 1.49. The van der Waals surface area contributed by atoms with Crippen LogP contribution in [0.2, 0.25) is 0 Å². The summed E-state index contributed by atoms with van der Waals surface area (Å²) in [5.74, 6) is 0. The van der Waals surface area contributed by atoms with Crippen molar-refractivity contribution in [1.82, 2.24) is 0 Å². The number of nitrogen functional groups attached to an aromatic ring is 1. The molecule has 0 amide bonds. The van der Waals surface area contributed by atoms with E-state index >= 15 is 0 Å². The fraction of sp³-hybridized carbons (Fsp3) is 0.333. The molecule has 4 heteroatoms. The molecule has 0 saturated carbocycles. The number of benzene rings is 1. The number of hydrogen-bond donors (Lipinski definition) is 2. The molecule has 13 heavy (non-hydrogen) atoms. The van der Waals surface area contributed by atoms with E-state index in [1.54, 1.807) is 0 Å². The zero-order valence-corrected chi connectivity index (χ0v) is 8.88. The lowest BCUT2D eigenvalue weighted by molar-refractivity contribution is 0.831. The van der Waals surface area contributed by atoms with Gasteiger partial charge in [-0.3, -0.25) is 0 Å². The molecule has 0 bridgehead atoms. The van der Waals surface area contributed by atoms with Crippen molar-refractivity contribution in [2.45, 2.75) is 12.8 Å². The van der Waals surface area contributed by atoms with Crippen LogP contribution in [0.1, 0.15) is 12.0 Å². The monoisotopic (exact) mass is 220 g/mol. The average molecular weight is 221 g/mol. The number of halogens is 2. The maximum absolute atomic E-state index is 5.65. The van der Waals surface area contributed by atoms with Crippen molar-refractivity contribution in [2.24, 2.45) is 0 Å². The van der Waals surface area contributed by atoms with Crippen molar-refractivity contribution in [1.29, 1.82) is 0 Å². The predicted octanol–water partition coefficient (Wildman–Crippen LogP) is 2.47. The maximum atomic E-state index is 5.65. The number of hydrogen-bond acceptors (Lipinski definition) is 2. The van der Waals surface area contributed by atoms with Crippen molar-refractivity contribution in [3.05, 3.63) is 23.8 Å². The van der Waals surface area contributed by atoms with Gasteiger partial charge in [-0.05, 0) is 36.6 Å². The van der Waals surface area contributed by atoms with Crippen LogP contribution in [0.3, 0.4) is 0 Å². The van der Waals surface area contributed by atoms with Crippen molar-refractivity contribution in [3.8, 4) is 0 Å². The van der Waals surface area contributed by atoms with E-state index in [1.807, 2.05) is 6.07 Å². The van der Waals surface area contributed by atoms with Crippen molar-refractivity contribution in [2.75, 3.05) is 17.6 Å². The Kier molecular flexibility index (Phi) is 4.96. The second-order valence-corrected chi connectivity index (χ2v) is 2.95. The van der Waals surface area contributed by atoms with Gasteiger partial charge in [-0.25, -0.2) is 0 Å². The van der Waals surface area contributed by atoms with Crippen LogP contribution >= 0.6 is 24.8 Å². The van der Waals surface area contributed by atoms with Crippen LogP contribution in [0.15, 0.2) is 18.2 Å². The Morgan fingerprint density at radius 1 is 1.23 bits per heavy atom. The minimum Gasteiger partial charge on any atom is -0.399 e. The number of nitrogens with two attached hydrogens (primary N) is 1. The summed E-state index contributed by atoms with van der Waals surface area (Å²) in [5.41, 5.74) is 9.13. The van der Waals surface area contributed by atoms with Gasteiger partial charge in [-0.15, -0.1) is 24.8 Å². The lowest BCUT2D eigenvalue weighted by atomic mass is 10.0.